The summed E-state index contributed by atoms with van der Waals surface area (Å²) < 4.78 is 1.90. The van der Waals surface area contributed by atoms with Crippen molar-refractivity contribution >= 4 is 0 Å². The summed E-state index contributed by atoms with van der Waals surface area (Å²) >= 11 is 0. The van der Waals surface area contributed by atoms with Crippen LogP contribution in [-0.2, 0) is 6.54 Å². The number of aromatic nitrogens is 3. The Bertz CT molecular complexity index is 250. The van der Waals surface area contributed by atoms with Crippen LogP contribution in [0.1, 0.15) is 18.2 Å². The molecule has 1 aromatic heterocycles. The third-order valence-corrected chi connectivity index (χ3v) is 2.18. The molecule has 0 saturated carbocycles. The highest BCUT2D eigenvalue weighted by Gasteiger charge is 2.17. The van der Waals surface area contributed by atoms with Gasteiger partial charge < -0.3 is 11.1 Å². The molecule has 0 radical (unpaired) electrons. The van der Waals surface area contributed by atoms with Crippen LogP contribution in [0.4, 0.5) is 0 Å². The predicted molar refractivity (Wildman–Crippen MR) is 44.4 cm³/mol. The maximum absolute atomic E-state index is 5.43. The van der Waals surface area contributed by atoms with Gasteiger partial charge in [0.15, 0.2) is 0 Å². The number of nitrogens with two attached hydrogens (primary N) is 1. The second kappa shape index (κ2) is 3.20. The molecule has 2 rings (SSSR count). The molecule has 0 aromatic carbocycles. The summed E-state index contributed by atoms with van der Waals surface area (Å²) in [6.07, 6.45) is 3.06. The van der Waals surface area contributed by atoms with Crippen molar-refractivity contribution in [3.8, 4) is 0 Å². The molecular formula is C7H13N5. The minimum atomic E-state index is 0.470. The Morgan fingerprint density at radius 3 is 3.25 bits per heavy atom. The van der Waals surface area contributed by atoms with Crippen molar-refractivity contribution in [2.24, 2.45) is 5.73 Å². The van der Waals surface area contributed by atoms with Crippen molar-refractivity contribution in [3.05, 3.63) is 11.9 Å². The summed E-state index contributed by atoms with van der Waals surface area (Å²) in [5, 5.41) is 11.2. The van der Waals surface area contributed by atoms with E-state index in [0.717, 1.165) is 25.2 Å². The van der Waals surface area contributed by atoms with Gasteiger partial charge in [0.1, 0.15) is 0 Å². The molecule has 12 heavy (non-hydrogen) atoms. The van der Waals surface area contributed by atoms with Gasteiger partial charge in [0.05, 0.1) is 17.9 Å². The number of rotatable bonds is 2. The van der Waals surface area contributed by atoms with E-state index in [1.807, 2.05) is 10.9 Å². The summed E-state index contributed by atoms with van der Waals surface area (Å²) in [6.45, 7) is 2.54. The molecule has 0 spiro atoms. The fourth-order valence-electron chi connectivity index (χ4n) is 1.45. The van der Waals surface area contributed by atoms with E-state index in [0.29, 0.717) is 12.6 Å². The lowest BCUT2D eigenvalue weighted by molar-refractivity contribution is 0.476. The lowest BCUT2D eigenvalue weighted by Crippen LogP contribution is -2.13. The quantitative estimate of drug-likeness (QED) is 0.609. The van der Waals surface area contributed by atoms with Crippen LogP contribution in [0.2, 0.25) is 0 Å². The van der Waals surface area contributed by atoms with Crippen LogP contribution < -0.4 is 11.1 Å². The smallest absolute Gasteiger partial charge is 0.0962 e. The molecule has 66 valence electrons. The van der Waals surface area contributed by atoms with E-state index >= 15 is 0 Å². The van der Waals surface area contributed by atoms with Gasteiger partial charge in [-0.15, -0.1) is 5.10 Å². The molecule has 1 atom stereocenters. The first-order valence-corrected chi connectivity index (χ1v) is 4.21. The summed E-state index contributed by atoms with van der Waals surface area (Å²) in [5.41, 5.74) is 6.29. The average Bonchev–Trinajstić information content (AvgIpc) is 2.75. The Labute approximate surface area is 70.9 Å². The lowest BCUT2D eigenvalue weighted by Gasteiger charge is -2.05. The van der Waals surface area contributed by atoms with E-state index < -0.39 is 0 Å². The zero-order chi connectivity index (χ0) is 8.39. The number of hydrogen-bond acceptors (Lipinski definition) is 4. The van der Waals surface area contributed by atoms with Crippen LogP contribution >= 0.6 is 0 Å². The van der Waals surface area contributed by atoms with E-state index in [9.17, 15) is 0 Å². The van der Waals surface area contributed by atoms with Crippen LogP contribution in [-0.4, -0.2) is 28.1 Å². The van der Waals surface area contributed by atoms with Crippen LogP contribution in [0.15, 0.2) is 6.20 Å². The predicted octanol–water partition coefficient (Wildman–Crippen LogP) is -0.729. The number of nitrogens with zero attached hydrogens (tertiary/aromatic N) is 3. The molecule has 0 bridgehead atoms. The first-order chi connectivity index (χ1) is 5.90. The van der Waals surface area contributed by atoms with Crippen LogP contribution in [0.5, 0.6) is 0 Å². The third kappa shape index (κ3) is 1.33. The van der Waals surface area contributed by atoms with Gasteiger partial charge in [0, 0.05) is 13.1 Å². The van der Waals surface area contributed by atoms with E-state index in [4.69, 9.17) is 5.73 Å². The first kappa shape index (κ1) is 7.70. The maximum Gasteiger partial charge on any atom is 0.0962 e. The Morgan fingerprint density at radius 1 is 1.75 bits per heavy atom. The van der Waals surface area contributed by atoms with E-state index in [1.54, 1.807) is 0 Å². The fraction of sp³-hybridized carbons (Fsp3) is 0.714. The topological polar surface area (TPSA) is 68.8 Å². The SMILES string of the molecule is NCc1cn([C@H]2CCNC2)nn1. The second-order valence-electron chi connectivity index (χ2n) is 3.04. The van der Waals surface area contributed by atoms with E-state index in [2.05, 4.69) is 15.6 Å². The monoisotopic (exact) mass is 167 g/mol. The van der Waals surface area contributed by atoms with Gasteiger partial charge in [-0.1, -0.05) is 5.21 Å². The van der Waals surface area contributed by atoms with Gasteiger partial charge in [-0.05, 0) is 13.0 Å². The van der Waals surface area contributed by atoms with Crippen molar-refractivity contribution in [1.82, 2.24) is 20.3 Å². The van der Waals surface area contributed by atoms with Gasteiger partial charge in [0.25, 0.3) is 0 Å². The molecule has 1 fully saturated rings. The molecular weight excluding hydrogens is 154 g/mol. The minimum Gasteiger partial charge on any atom is -0.325 e. The number of hydrogen-bond donors (Lipinski definition) is 2. The Kier molecular flexibility index (Phi) is 2.05. The largest absolute Gasteiger partial charge is 0.325 e. The summed E-state index contributed by atoms with van der Waals surface area (Å²) in [7, 11) is 0. The first-order valence-electron chi connectivity index (χ1n) is 4.21. The van der Waals surface area contributed by atoms with E-state index in [-0.39, 0.29) is 0 Å². The van der Waals surface area contributed by atoms with E-state index in [1.165, 1.54) is 0 Å². The third-order valence-electron chi connectivity index (χ3n) is 2.18. The zero-order valence-electron chi connectivity index (χ0n) is 6.90. The van der Waals surface area contributed by atoms with Gasteiger partial charge in [-0.25, -0.2) is 4.68 Å². The Morgan fingerprint density at radius 2 is 2.67 bits per heavy atom. The van der Waals surface area contributed by atoms with Crippen molar-refractivity contribution in [1.29, 1.82) is 0 Å². The standard InChI is InChI=1S/C7H13N5/c8-3-6-5-12(11-10-6)7-1-2-9-4-7/h5,7,9H,1-4,8H2/t7-/m0/s1. The molecule has 5 heteroatoms. The van der Waals surface area contributed by atoms with Crippen molar-refractivity contribution < 1.29 is 0 Å². The summed E-state index contributed by atoms with van der Waals surface area (Å²) in [4.78, 5) is 0. The second-order valence-corrected chi connectivity index (χ2v) is 3.04. The average molecular weight is 167 g/mol. The number of nitrogens with one attached hydrogen (secondary N) is 1. The van der Waals surface area contributed by atoms with Crippen molar-refractivity contribution in [2.45, 2.75) is 19.0 Å². The molecule has 0 unspecified atom stereocenters. The molecule has 1 aliphatic rings. The summed E-state index contributed by atoms with van der Waals surface area (Å²) in [5.74, 6) is 0. The Balaban J connectivity index is 2.11. The molecule has 3 N–H and O–H groups in total. The normalized spacial score (nSPS) is 23.2. The molecule has 0 aliphatic carbocycles. The molecule has 1 aliphatic heterocycles. The van der Waals surface area contributed by atoms with Gasteiger partial charge >= 0.3 is 0 Å². The van der Waals surface area contributed by atoms with Gasteiger partial charge in [0.2, 0.25) is 0 Å². The highest BCUT2D eigenvalue weighted by atomic mass is 15.4. The van der Waals surface area contributed by atoms with Crippen molar-refractivity contribution in [2.75, 3.05) is 13.1 Å². The highest BCUT2D eigenvalue weighted by Crippen LogP contribution is 2.12. The van der Waals surface area contributed by atoms with Crippen LogP contribution in [0.3, 0.4) is 0 Å². The van der Waals surface area contributed by atoms with Crippen LogP contribution in [0.25, 0.3) is 0 Å². The minimum absolute atomic E-state index is 0.470. The maximum atomic E-state index is 5.43. The van der Waals surface area contributed by atoms with Crippen LogP contribution in [0, 0.1) is 0 Å². The Hall–Kier alpha value is -0.940. The zero-order valence-corrected chi connectivity index (χ0v) is 6.90. The molecule has 1 aromatic rings. The fourth-order valence-corrected chi connectivity index (χ4v) is 1.45. The van der Waals surface area contributed by atoms with Crippen molar-refractivity contribution in [3.63, 3.8) is 0 Å². The van der Waals surface area contributed by atoms with Gasteiger partial charge in [-0.2, -0.15) is 0 Å². The lowest BCUT2D eigenvalue weighted by atomic mass is 10.3. The molecule has 2 heterocycles. The highest BCUT2D eigenvalue weighted by molar-refractivity contribution is 4.93. The van der Waals surface area contributed by atoms with Gasteiger partial charge in [-0.3, -0.25) is 0 Å². The molecule has 5 nitrogen and oxygen atoms in total. The molecule has 1 saturated heterocycles. The molecule has 0 amide bonds. The summed E-state index contributed by atoms with van der Waals surface area (Å²) in [6, 6.07) is 0.470.